The zero-order chi connectivity index (χ0) is 77.4. The van der Waals surface area contributed by atoms with Gasteiger partial charge in [-0.3, -0.25) is 24.4 Å². The third-order valence-electron chi connectivity index (χ3n) is 20.3. The van der Waals surface area contributed by atoms with Gasteiger partial charge in [0, 0.05) is 113 Å². The minimum absolute atomic E-state index is 0.151. The topological polar surface area (TPSA) is 241 Å². The predicted octanol–water partition coefficient (Wildman–Crippen LogP) is 19.8. The molecule has 8 aromatic carbocycles. The summed E-state index contributed by atoms with van der Waals surface area (Å²) in [6.45, 7) is 6.03. The Morgan fingerprint density at radius 2 is 0.845 bits per heavy atom. The van der Waals surface area contributed by atoms with Crippen LogP contribution in [0.3, 0.4) is 0 Å². The quantitative estimate of drug-likeness (QED) is 0.0936. The number of nitrogens with one attached hydrogen (secondary N) is 4. The number of carbonyl (C=O) groups is 4. The molecule has 27 heteroatoms. The van der Waals surface area contributed by atoms with E-state index in [-0.39, 0.29) is 42.1 Å². The second-order valence-electron chi connectivity index (χ2n) is 26.6. The summed E-state index contributed by atoms with van der Waals surface area (Å²) in [4.78, 5) is 83.0. The number of aromatic nitrogens is 4. The van der Waals surface area contributed by atoms with E-state index in [1.54, 1.807) is 78.1 Å². The Kier molecular flexibility index (Phi) is 21.8. The molecule has 0 radical (unpaired) electrons. The summed E-state index contributed by atoms with van der Waals surface area (Å²) in [5, 5.41) is 16.8. The van der Waals surface area contributed by atoms with E-state index in [4.69, 9.17) is 74.5 Å². The summed E-state index contributed by atoms with van der Waals surface area (Å²) in [5.74, 6) is 1.33. The van der Waals surface area contributed by atoms with Gasteiger partial charge in [0.15, 0.2) is 5.43 Å². The maximum Gasteiger partial charge on any atom is 0.416 e. The molecule has 13 aromatic rings. The van der Waals surface area contributed by atoms with Crippen molar-refractivity contribution in [1.29, 1.82) is 0 Å². The Hall–Kier alpha value is -11.2. The average Bonchev–Trinajstić information content (AvgIpc) is 1.56. The number of ether oxygens (including phenoxy) is 5. The van der Waals surface area contributed by atoms with E-state index in [9.17, 15) is 42.3 Å². The highest BCUT2D eigenvalue weighted by Gasteiger charge is 2.42. The first-order valence-electron chi connectivity index (χ1n) is 35.4. The van der Waals surface area contributed by atoms with Crippen LogP contribution in [0.15, 0.2) is 185 Å². The van der Waals surface area contributed by atoms with Gasteiger partial charge in [0.2, 0.25) is 0 Å². The van der Waals surface area contributed by atoms with E-state index >= 15 is 0 Å². The average molecular weight is 1570 g/mol. The number of nitrogens with zero attached hydrogens (tertiary/aromatic N) is 4. The van der Waals surface area contributed by atoms with Crippen LogP contribution in [0.5, 0.6) is 11.5 Å². The number of fused-ring (bicyclic) bond motifs is 13. The number of alkyl halides is 3. The van der Waals surface area contributed by atoms with E-state index in [2.05, 4.69) is 19.9 Å². The maximum absolute atomic E-state index is 13.2. The summed E-state index contributed by atoms with van der Waals surface area (Å²) >= 11 is 24.7. The van der Waals surface area contributed by atoms with Crippen molar-refractivity contribution in [3.63, 3.8) is 0 Å². The molecule has 4 aliphatic rings. The molecule has 20 nitrogen and oxygen atoms in total. The summed E-state index contributed by atoms with van der Waals surface area (Å²) in [6, 6.07) is 49.0. The van der Waals surface area contributed by atoms with E-state index in [0.717, 1.165) is 114 Å². The first-order chi connectivity index (χ1) is 53.1. The van der Waals surface area contributed by atoms with Crippen molar-refractivity contribution in [2.75, 3.05) is 60.7 Å². The molecule has 566 valence electrons. The molecule has 4 atom stereocenters. The monoisotopic (exact) mass is 1570 g/mol. The van der Waals surface area contributed by atoms with Crippen molar-refractivity contribution in [2.24, 2.45) is 0 Å². The van der Waals surface area contributed by atoms with E-state index in [1.807, 2.05) is 109 Å². The smallest absolute Gasteiger partial charge is 0.416 e. The number of hydrogen-bond acceptors (Lipinski definition) is 12. The first kappa shape index (κ1) is 75.6. The third-order valence-corrected chi connectivity index (χ3v) is 21.2. The van der Waals surface area contributed by atoms with Crippen LogP contribution in [0.25, 0.3) is 54.6 Å². The van der Waals surface area contributed by atoms with Gasteiger partial charge in [-0.15, -0.1) is 0 Å². The van der Waals surface area contributed by atoms with Crippen molar-refractivity contribution in [2.45, 2.75) is 69.9 Å². The Bertz CT molecular complexity index is 5740. The van der Waals surface area contributed by atoms with Crippen LogP contribution in [-0.4, -0.2) is 130 Å². The van der Waals surface area contributed by atoms with E-state index in [1.165, 1.54) is 42.4 Å². The molecule has 4 amide bonds. The van der Waals surface area contributed by atoms with Gasteiger partial charge in [-0.05, 0) is 200 Å². The highest BCUT2D eigenvalue weighted by molar-refractivity contribution is 6.32. The number of para-hydroxylation sites is 1. The van der Waals surface area contributed by atoms with Crippen molar-refractivity contribution in [1.82, 2.24) is 39.5 Å². The maximum atomic E-state index is 13.2. The molecule has 4 aliphatic heterocycles. The number of phenols is 1. The second-order valence-corrected chi connectivity index (χ2v) is 28.3. The predicted molar refractivity (Wildman–Crippen MR) is 416 cm³/mol. The molecule has 0 saturated carbocycles. The number of aromatic hydroxyl groups is 1. The number of phenolic OH excluding ortho intramolecular Hbond substituents is 1. The van der Waals surface area contributed by atoms with Gasteiger partial charge in [0.25, 0.3) is 0 Å². The molecule has 0 saturated heterocycles. The van der Waals surface area contributed by atoms with Crippen molar-refractivity contribution >= 4 is 125 Å². The lowest BCUT2D eigenvalue weighted by atomic mass is 9.92. The van der Waals surface area contributed by atoms with Crippen LogP contribution in [0.2, 0.25) is 20.1 Å². The molecule has 0 aliphatic carbocycles. The first-order valence-corrected chi connectivity index (χ1v) is 37.0. The van der Waals surface area contributed by atoms with Crippen LogP contribution in [0, 0.1) is 0 Å². The van der Waals surface area contributed by atoms with Crippen molar-refractivity contribution < 1.29 is 65.6 Å². The summed E-state index contributed by atoms with van der Waals surface area (Å²) < 4.78 is 71.7. The van der Waals surface area contributed by atoms with E-state index < -0.39 is 36.0 Å². The molecular weight excluding hydrogens is 1500 g/mol. The second kappa shape index (κ2) is 31.8. The zero-order valence-corrected chi connectivity index (χ0v) is 63.0. The molecule has 0 spiro atoms. The largest absolute Gasteiger partial charge is 0.508 e. The van der Waals surface area contributed by atoms with Crippen LogP contribution in [-0.2, 0) is 50.8 Å². The Balaban J connectivity index is 0.000000122. The number of methoxy groups -OCH3 is 3. The number of halogens is 7. The third kappa shape index (κ3) is 14.9. The molecule has 5 N–H and O–H groups in total. The SMILES string of the molecule is CCOC(=O)N1CCc2c([nH]c3ccc(Cl)cc23)C1c1cc(=O)c2ccccc2o1.CCOC(=O)N1CCc2c([nH]c3ccc(Cl)cc23)C1c1ccc(O)cc1.COC(=O)N1CCc2c([nH]c3ccc(Cl)cc23)C1c1cccc(C(F)(F)F)c1.COC(=O)N1CCc2c([nH]c3ccc(Cl)cc23)C1c1cccc(OC)c1. The Labute approximate surface area is 648 Å². The number of carbonyl (C=O) groups excluding carboxylic acids is 4. The van der Waals surface area contributed by atoms with Gasteiger partial charge in [-0.25, -0.2) is 19.2 Å². The molecule has 4 unspecified atom stereocenters. The standard InChI is InChI=1S/C23H19ClN2O4.C20H16ClF3N2O2.2C20H19ClN2O3/c1-2-29-23(28)26-10-9-14-16-11-13(24)7-8-17(16)25-21(14)22(26)20-12-18(27)15-5-3-4-6-19(15)30-20;1-28-19(27)26-8-7-14-15-10-13(21)5-6-16(15)25-17(14)18(26)11-3-2-4-12(9-11)20(22,23)24;1-25-14-5-3-4-12(10-14)19-18-15(8-9-23(19)20(24)26-2)16-11-13(21)6-7-17(16)22-18;1-2-26-20(25)23-10-9-15-16-11-13(21)5-8-17(16)22-18(15)19(23)12-3-6-14(24)7-4-12/h3-8,11-12,22,25H,2,9-10H2,1H3;2-6,9-10,18,25H,7-8H2,1H3;3-7,10-11,19,22H,8-9H2,1-2H3;3-8,11,19,22,24H,2,9-10H2,1H3. The van der Waals surface area contributed by atoms with Crippen molar-refractivity contribution in [3.8, 4) is 11.5 Å². The zero-order valence-electron chi connectivity index (χ0n) is 60.0. The molecule has 0 bridgehead atoms. The van der Waals surface area contributed by atoms with Crippen molar-refractivity contribution in [3.05, 3.63) is 279 Å². The van der Waals surface area contributed by atoms with Gasteiger partial charge in [-0.2, -0.15) is 13.2 Å². The summed E-state index contributed by atoms with van der Waals surface area (Å²) in [5.41, 5.74) is 13.4. The lowest BCUT2D eigenvalue weighted by molar-refractivity contribution is -0.137. The fraction of sp³-hybridized carbons (Fsp3) is 0.241. The normalized spacial score (nSPS) is 16.5. The van der Waals surface area contributed by atoms with Gasteiger partial charge < -0.3 is 53.1 Å². The highest BCUT2D eigenvalue weighted by atomic mass is 35.5. The highest BCUT2D eigenvalue weighted by Crippen LogP contribution is 2.46. The molecule has 17 rings (SSSR count). The van der Waals surface area contributed by atoms with Crippen LogP contribution in [0.4, 0.5) is 32.3 Å². The number of hydrogen-bond donors (Lipinski definition) is 5. The van der Waals surface area contributed by atoms with Crippen LogP contribution < -0.4 is 10.2 Å². The lowest BCUT2D eigenvalue weighted by Gasteiger charge is -2.35. The number of aromatic amines is 4. The molecule has 0 fully saturated rings. The minimum Gasteiger partial charge on any atom is -0.508 e. The Morgan fingerprint density at radius 3 is 1.26 bits per heavy atom. The van der Waals surface area contributed by atoms with E-state index in [0.29, 0.717) is 93.7 Å². The fourth-order valence-corrected chi connectivity index (χ4v) is 16.1. The molecular formula is C83H73Cl4F3N8O12. The lowest BCUT2D eigenvalue weighted by Crippen LogP contribution is -2.41. The van der Waals surface area contributed by atoms with Crippen LogP contribution >= 0.6 is 46.4 Å². The van der Waals surface area contributed by atoms with Gasteiger partial charge >= 0.3 is 30.5 Å². The number of amides is 4. The van der Waals surface area contributed by atoms with Gasteiger partial charge in [0.1, 0.15) is 47.0 Å². The molecule has 9 heterocycles. The Morgan fingerprint density at radius 1 is 0.455 bits per heavy atom. The van der Waals surface area contributed by atoms with Crippen LogP contribution in [0.1, 0.15) is 111 Å². The van der Waals surface area contributed by atoms with Gasteiger partial charge in [-0.1, -0.05) is 94.9 Å². The number of benzene rings is 8. The fourth-order valence-electron chi connectivity index (χ4n) is 15.4. The number of rotatable bonds is 7. The minimum atomic E-state index is -4.47. The molecule has 110 heavy (non-hydrogen) atoms. The van der Waals surface area contributed by atoms with Gasteiger partial charge in [0.05, 0.1) is 51.2 Å². The summed E-state index contributed by atoms with van der Waals surface area (Å²) in [7, 11) is 4.30. The summed E-state index contributed by atoms with van der Waals surface area (Å²) in [6.07, 6.45) is -3.55. The molecule has 5 aromatic heterocycles. The number of H-pyrrole nitrogens is 4.